The first kappa shape index (κ1) is 22.5. The molecule has 0 unspecified atom stereocenters. The second kappa shape index (κ2) is 18.6. The van der Waals surface area contributed by atoms with Crippen LogP contribution in [0.3, 0.4) is 0 Å². The van der Waals surface area contributed by atoms with Crippen molar-refractivity contribution in [1.82, 2.24) is 25.6 Å². The van der Waals surface area contributed by atoms with E-state index < -0.39 is 0 Å². The molecule has 0 atom stereocenters. The minimum Gasteiger partial charge on any atom is -0.431 e. The Morgan fingerprint density at radius 2 is 1.11 bits per heavy atom. The Labute approximate surface area is 117 Å². The quantitative estimate of drug-likeness (QED) is 0.787. The third-order valence-corrected chi connectivity index (χ3v) is 0.614. The molecule has 1 N–H and O–H groups in total. The molecule has 2 aromatic heterocycles. The average molecular weight is 271 g/mol. The van der Waals surface area contributed by atoms with Crippen LogP contribution in [-0.2, 0) is 0 Å². The summed E-state index contributed by atoms with van der Waals surface area (Å²) in [4.78, 5) is 0. The highest BCUT2D eigenvalue weighted by atomic mass is 16.3. The van der Waals surface area contributed by atoms with E-state index in [1.54, 1.807) is 12.4 Å². The van der Waals surface area contributed by atoms with Crippen LogP contribution in [-0.4, -0.2) is 25.6 Å². The molecule has 2 heterocycles. The Bertz CT molecular complexity index is 220. The molecule has 0 aromatic carbocycles. The predicted octanol–water partition coefficient (Wildman–Crippen LogP) is 3.84. The number of hydrogen-bond acceptors (Lipinski definition) is 5. The molecule has 2 rings (SSSR count). The first-order valence-corrected chi connectivity index (χ1v) is 5.95. The second-order valence-electron chi connectivity index (χ2n) is 4.70. The zero-order valence-corrected chi connectivity index (χ0v) is 12.2. The fourth-order valence-corrected chi connectivity index (χ4v) is 0.303. The van der Waals surface area contributed by atoms with Crippen molar-refractivity contribution in [2.75, 3.05) is 0 Å². The van der Waals surface area contributed by atoms with Gasteiger partial charge in [0.1, 0.15) is 0 Å². The summed E-state index contributed by atoms with van der Waals surface area (Å²) in [6.07, 6.45) is 5.69. The Morgan fingerprint density at radius 1 is 0.789 bits per heavy atom. The summed E-state index contributed by atoms with van der Waals surface area (Å²) in [5.41, 5.74) is 0. The smallest absolute Gasteiger partial charge is 0.203 e. The van der Waals surface area contributed by atoms with E-state index in [1.165, 1.54) is 12.8 Å². The molecule has 0 aliphatic heterocycles. The number of aromatic nitrogens is 5. The summed E-state index contributed by atoms with van der Waals surface area (Å²) in [6.45, 7) is 13.0. The lowest BCUT2D eigenvalue weighted by Crippen LogP contribution is -1.66. The SMILES string of the molecule is C.CC(C)C.CC(C)C.c1cn[nH]n1.c1nnco1. The zero-order valence-electron chi connectivity index (χ0n) is 12.2. The molecule has 2 aromatic rings. The van der Waals surface area contributed by atoms with E-state index in [4.69, 9.17) is 0 Å². The van der Waals surface area contributed by atoms with Crippen molar-refractivity contribution in [3.63, 3.8) is 0 Å². The van der Waals surface area contributed by atoms with Gasteiger partial charge < -0.3 is 4.42 Å². The van der Waals surface area contributed by atoms with Gasteiger partial charge in [-0.15, -0.1) is 10.2 Å². The number of hydrogen-bond donors (Lipinski definition) is 1. The molecule has 0 aliphatic carbocycles. The van der Waals surface area contributed by atoms with Gasteiger partial charge in [0.15, 0.2) is 0 Å². The summed E-state index contributed by atoms with van der Waals surface area (Å²) in [5.74, 6) is 1.67. The second-order valence-corrected chi connectivity index (χ2v) is 4.70. The first-order valence-electron chi connectivity index (χ1n) is 5.95. The predicted molar refractivity (Wildman–Crippen MR) is 78.4 cm³/mol. The van der Waals surface area contributed by atoms with Gasteiger partial charge in [-0.05, 0) is 11.8 Å². The highest BCUT2D eigenvalue weighted by Crippen LogP contribution is 1.81. The van der Waals surface area contributed by atoms with Crippen LogP contribution in [0.5, 0.6) is 0 Å². The van der Waals surface area contributed by atoms with Crippen molar-refractivity contribution in [2.24, 2.45) is 11.8 Å². The van der Waals surface area contributed by atoms with Crippen molar-refractivity contribution in [2.45, 2.75) is 49.0 Å². The molecule has 112 valence electrons. The van der Waals surface area contributed by atoms with Crippen LogP contribution in [0.15, 0.2) is 29.6 Å². The van der Waals surface area contributed by atoms with E-state index in [9.17, 15) is 0 Å². The maximum atomic E-state index is 4.36. The molecular weight excluding hydrogens is 242 g/mol. The molecule has 0 bridgehead atoms. The number of rotatable bonds is 0. The minimum atomic E-state index is 0. The van der Waals surface area contributed by atoms with Crippen LogP contribution in [0.4, 0.5) is 0 Å². The third-order valence-electron chi connectivity index (χ3n) is 0.614. The highest BCUT2D eigenvalue weighted by Gasteiger charge is 1.68. The Morgan fingerprint density at radius 3 is 1.21 bits per heavy atom. The topological polar surface area (TPSA) is 80.5 Å². The van der Waals surface area contributed by atoms with Gasteiger partial charge in [0, 0.05) is 0 Å². The standard InChI is InChI=1S/2C4H10.C2H3N3.C2H2N2O.CH4/c2*1-4(2)3;1-2-4-5-3-1;1-3-4-2-5-1;/h2*4H,1-3H3;1-2H,(H,3,4,5);1-2H;1H4. The van der Waals surface area contributed by atoms with E-state index >= 15 is 0 Å². The van der Waals surface area contributed by atoms with E-state index in [1.807, 2.05) is 0 Å². The fourth-order valence-electron chi connectivity index (χ4n) is 0.303. The average Bonchev–Trinajstić information content (AvgIpc) is 2.96. The number of nitrogens with one attached hydrogen (secondary N) is 1. The maximum Gasteiger partial charge on any atom is 0.203 e. The van der Waals surface area contributed by atoms with Gasteiger partial charge in [0.2, 0.25) is 12.8 Å². The van der Waals surface area contributed by atoms with E-state index in [2.05, 4.69) is 71.6 Å². The number of nitrogens with zero attached hydrogens (tertiary/aromatic N) is 4. The van der Waals surface area contributed by atoms with Crippen LogP contribution in [0, 0.1) is 11.8 Å². The van der Waals surface area contributed by atoms with Crippen LogP contribution < -0.4 is 0 Å². The lowest BCUT2D eigenvalue weighted by Gasteiger charge is -1.79. The van der Waals surface area contributed by atoms with Crippen molar-refractivity contribution in [3.8, 4) is 0 Å². The number of aromatic amines is 1. The molecule has 0 saturated heterocycles. The molecular formula is C13H29N5O. The van der Waals surface area contributed by atoms with Crippen molar-refractivity contribution in [3.05, 3.63) is 25.2 Å². The summed E-state index contributed by atoms with van der Waals surface area (Å²) < 4.78 is 4.36. The largest absolute Gasteiger partial charge is 0.431 e. The summed E-state index contributed by atoms with van der Waals surface area (Å²) in [5, 5.41) is 15.9. The molecule has 0 radical (unpaired) electrons. The Kier molecular flexibility index (Phi) is 22.0. The Hall–Kier alpha value is -1.72. The fraction of sp³-hybridized carbons (Fsp3) is 0.692. The monoisotopic (exact) mass is 271 g/mol. The molecule has 0 spiro atoms. The van der Waals surface area contributed by atoms with Crippen molar-refractivity contribution in [1.29, 1.82) is 0 Å². The van der Waals surface area contributed by atoms with E-state index in [0.717, 1.165) is 11.8 Å². The van der Waals surface area contributed by atoms with E-state index in [0.29, 0.717) is 0 Å². The molecule has 0 fully saturated rings. The van der Waals surface area contributed by atoms with Crippen LogP contribution >= 0.6 is 0 Å². The molecule has 0 saturated carbocycles. The van der Waals surface area contributed by atoms with Gasteiger partial charge in [-0.25, -0.2) is 0 Å². The van der Waals surface area contributed by atoms with Gasteiger partial charge in [-0.1, -0.05) is 49.0 Å². The maximum absolute atomic E-state index is 4.36. The molecule has 0 amide bonds. The van der Waals surface area contributed by atoms with Crippen molar-refractivity contribution >= 4 is 0 Å². The highest BCUT2D eigenvalue weighted by molar-refractivity contribution is 4.54. The van der Waals surface area contributed by atoms with Crippen molar-refractivity contribution < 1.29 is 4.42 Å². The zero-order chi connectivity index (χ0) is 14.2. The lowest BCUT2D eigenvalue weighted by molar-refractivity contribution is 0.553. The minimum absolute atomic E-state index is 0. The van der Waals surface area contributed by atoms with Gasteiger partial charge in [-0.3, -0.25) is 0 Å². The summed E-state index contributed by atoms with van der Waals surface area (Å²) >= 11 is 0. The summed E-state index contributed by atoms with van der Waals surface area (Å²) in [7, 11) is 0. The molecule has 19 heavy (non-hydrogen) atoms. The Balaban J connectivity index is -0.000000178. The molecule has 0 aliphatic rings. The van der Waals surface area contributed by atoms with Gasteiger partial charge in [-0.2, -0.15) is 15.4 Å². The summed E-state index contributed by atoms with van der Waals surface area (Å²) in [6, 6.07) is 0. The molecule has 6 heteroatoms. The lowest BCUT2D eigenvalue weighted by atomic mass is 10.3. The van der Waals surface area contributed by atoms with Gasteiger partial charge in [0.05, 0.1) is 12.4 Å². The van der Waals surface area contributed by atoms with Gasteiger partial charge in [0.25, 0.3) is 0 Å². The third kappa shape index (κ3) is 48.4. The van der Waals surface area contributed by atoms with Crippen LogP contribution in [0.25, 0.3) is 0 Å². The normalized spacial score (nSPS) is 8.00. The van der Waals surface area contributed by atoms with E-state index in [-0.39, 0.29) is 7.43 Å². The van der Waals surface area contributed by atoms with Crippen LogP contribution in [0.2, 0.25) is 0 Å². The van der Waals surface area contributed by atoms with Gasteiger partial charge >= 0.3 is 0 Å². The number of H-pyrrole nitrogens is 1. The molecule has 6 nitrogen and oxygen atoms in total. The first-order chi connectivity index (χ1) is 8.46. The van der Waals surface area contributed by atoms with Crippen LogP contribution in [0.1, 0.15) is 49.0 Å².